The minimum atomic E-state index is 0.511. The predicted octanol–water partition coefficient (Wildman–Crippen LogP) is 2.25. The highest BCUT2D eigenvalue weighted by Gasteiger charge is 2.15. The molecule has 0 bridgehead atoms. The van der Waals surface area contributed by atoms with Crippen LogP contribution in [0.25, 0.3) is 0 Å². The molecule has 0 atom stereocenters. The molecule has 0 aliphatic heterocycles. The van der Waals surface area contributed by atoms with E-state index in [4.69, 9.17) is 17.4 Å². The van der Waals surface area contributed by atoms with E-state index in [0.29, 0.717) is 18.5 Å². The molecule has 0 unspecified atom stereocenters. The number of aliphatic imine (C=N–C) groups is 1. The van der Waals surface area contributed by atoms with Gasteiger partial charge in [-0.3, -0.25) is 5.43 Å². The van der Waals surface area contributed by atoms with Gasteiger partial charge in [-0.2, -0.15) is 0 Å². The minimum absolute atomic E-state index is 0.511. The van der Waals surface area contributed by atoms with Crippen molar-refractivity contribution in [2.24, 2.45) is 10.8 Å². The maximum atomic E-state index is 5.86. The van der Waals surface area contributed by atoms with Crippen LogP contribution >= 0.6 is 22.9 Å². The summed E-state index contributed by atoms with van der Waals surface area (Å²) in [4.78, 5) is 5.55. The molecule has 2 rings (SSSR count). The molecule has 1 heterocycles. The highest BCUT2D eigenvalue weighted by Crippen LogP contribution is 2.22. The summed E-state index contributed by atoms with van der Waals surface area (Å²) in [6.45, 7) is 0.608. The van der Waals surface area contributed by atoms with Gasteiger partial charge in [-0.1, -0.05) is 24.4 Å². The van der Waals surface area contributed by atoms with E-state index in [1.165, 1.54) is 25.7 Å². The van der Waals surface area contributed by atoms with E-state index in [1.807, 2.05) is 12.1 Å². The quantitative estimate of drug-likeness (QED) is 0.342. The third-order valence-corrected chi connectivity index (χ3v) is 4.07. The smallest absolute Gasteiger partial charge is 0.206 e. The standard InChI is InChI=1S/C11H17ClN4S/c12-10-6-5-9(17-10)7-14-11(16-13)15-8-3-1-2-4-8/h5-6,8H,1-4,7,13H2,(H2,14,15,16). The average molecular weight is 273 g/mol. The normalized spacial score (nSPS) is 17.4. The first kappa shape index (κ1) is 12.7. The van der Waals surface area contributed by atoms with Gasteiger partial charge in [-0.05, 0) is 25.0 Å². The number of halogens is 1. The summed E-state index contributed by atoms with van der Waals surface area (Å²) < 4.78 is 0.793. The number of rotatable bonds is 3. The number of hydrogen-bond donors (Lipinski definition) is 3. The Morgan fingerprint density at radius 1 is 1.47 bits per heavy atom. The first-order valence-electron chi connectivity index (χ1n) is 5.80. The van der Waals surface area contributed by atoms with Crippen molar-refractivity contribution in [3.05, 3.63) is 21.3 Å². The zero-order valence-electron chi connectivity index (χ0n) is 9.58. The molecule has 1 aromatic heterocycles. The lowest BCUT2D eigenvalue weighted by atomic mass is 10.2. The Bertz CT molecular complexity index is 385. The summed E-state index contributed by atoms with van der Waals surface area (Å²) in [7, 11) is 0. The molecule has 1 saturated carbocycles. The second-order valence-electron chi connectivity index (χ2n) is 4.14. The first-order valence-corrected chi connectivity index (χ1v) is 6.99. The number of nitrogens with two attached hydrogens (primary N) is 1. The molecule has 0 spiro atoms. The molecule has 0 saturated heterocycles. The molecule has 4 N–H and O–H groups in total. The largest absolute Gasteiger partial charge is 0.353 e. The Morgan fingerprint density at radius 2 is 2.24 bits per heavy atom. The Kier molecular flexibility index (Phi) is 4.65. The van der Waals surface area contributed by atoms with Crippen LogP contribution in [0.15, 0.2) is 17.1 Å². The fourth-order valence-corrected chi connectivity index (χ4v) is 3.00. The molecule has 17 heavy (non-hydrogen) atoms. The second-order valence-corrected chi connectivity index (χ2v) is 5.94. The van der Waals surface area contributed by atoms with Crippen LogP contribution < -0.4 is 16.6 Å². The Hall–Kier alpha value is -0.780. The molecule has 1 fully saturated rings. The van der Waals surface area contributed by atoms with E-state index in [2.05, 4.69) is 15.7 Å². The number of thiophene rings is 1. The lowest BCUT2D eigenvalue weighted by Gasteiger charge is -2.14. The zero-order valence-corrected chi connectivity index (χ0v) is 11.2. The third kappa shape index (κ3) is 3.87. The van der Waals surface area contributed by atoms with Crippen molar-refractivity contribution in [3.8, 4) is 0 Å². The topological polar surface area (TPSA) is 62.4 Å². The molecule has 0 radical (unpaired) electrons. The van der Waals surface area contributed by atoms with E-state index in [1.54, 1.807) is 11.3 Å². The Labute approximate surface area is 110 Å². The Morgan fingerprint density at radius 3 is 2.82 bits per heavy atom. The highest BCUT2D eigenvalue weighted by molar-refractivity contribution is 7.16. The Balaban J connectivity index is 1.88. The molecule has 4 nitrogen and oxygen atoms in total. The van der Waals surface area contributed by atoms with Crippen molar-refractivity contribution in [3.63, 3.8) is 0 Å². The van der Waals surface area contributed by atoms with Crippen LogP contribution in [0.4, 0.5) is 0 Å². The molecule has 6 heteroatoms. The predicted molar refractivity (Wildman–Crippen MR) is 73.2 cm³/mol. The van der Waals surface area contributed by atoms with Crippen molar-refractivity contribution < 1.29 is 0 Å². The third-order valence-electron chi connectivity index (χ3n) is 2.85. The van der Waals surface area contributed by atoms with Crippen molar-refractivity contribution in [2.45, 2.75) is 38.3 Å². The maximum absolute atomic E-state index is 5.86. The lowest BCUT2D eigenvalue weighted by Crippen LogP contribution is -2.45. The van der Waals surface area contributed by atoms with Crippen LogP contribution in [0.2, 0.25) is 4.34 Å². The number of hydrogen-bond acceptors (Lipinski definition) is 3. The second kappa shape index (κ2) is 6.23. The van der Waals surface area contributed by atoms with Gasteiger partial charge in [0, 0.05) is 10.9 Å². The van der Waals surface area contributed by atoms with Crippen molar-refractivity contribution in [1.82, 2.24) is 10.7 Å². The fraction of sp³-hybridized carbons (Fsp3) is 0.545. The van der Waals surface area contributed by atoms with Gasteiger partial charge in [0.15, 0.2) is 0 Å². The highest BCUT2D eigenvalue weighted by atomic mass is 35.5. The van der Waals surface area contributed by atoms with E-state index in [-0.39, 0.29) is 0 Å². The van der Waals surface area contributed by atoms with Crippen LogP contribution in [0.1, 0.15) is 30.6 Å². The SMILES string of the molecule is NNC(=NCc1ccc(Cl)s1)NC1CCCC1. The summed E-state index contributed by atoms with van der Waals surface area (Å²) in [5, 5.41) is 3.33. The van der Waals surface area contributed by atoms with Crippen molar-refractivity contribution in [1.29, 1.82) is 0 Å². The molecular formula is C11H17ClN4S. The van der Waals surface area contributed by atoms with Gasteiger partial charge in [0.05, 0.1) is 10.9 Å². The molecule has 1 aliphatic rings. The van der Waals surface area contributed by atoms with Crippen molar-refractivity contribution in [2.75, 3.05) is 0 Å². The van der Waals surface area contributed by atoms with Crippen LogP contribution in [0.3, 0.4) is 0 Å². The number of hydrazine groups is 1. The van der Waals surface area contributed by atoms with E-state index < -0.39 is 0 Å². The van der Waals surface area contributed by atoms with Crippen LogP contribution in [-0.2, 0) is 6.54 Å². The van der Waals surface area contributed by atoms with E-state index in [0.717, 1.165) is 9.21 Å². The van der Waals surface area contributed by atoms with Crippen LogP contribution in [0, 0.1) is 0 Å². The fourth-order valence-electron chi connectivity index (χ4n) is 1.99. The van der Waals surface area contributed by atoms with Gasteiger partial charge < -0.3 is 5.32 Å². The summed E-state index contributed by atoms with van der Waals surface area (Å²) in [6.07, 6.45) is 4.98. The first-order chi connectivity index (χ1) is 8.28. The molecule has 1 aliphatic carbocycles. The number of guanidine groups is 1. The summed E-state index contributed by atoms with van der Waals surface area (Å²) >= 11 is 7.41. The lowest BCUT2D eigenvalue weighted by molar-refractivity contribution is 0.614. The molecule has 1 aromatic rings. The summed E-state index contributed by atoms with van der Waals surface area (Å²) in [5.41, 5.74) is 2.62. The molecule has 0 amide bonds. The van der Waals surface area contributed by atoms with Crippen LogP contribution in [0.5, 0.6) is 0 Å². The van der Waals surface area contributed by atoms with Gasteiger partial charge in [0.1, 0.15) is 0 Å². The van der Waals surface area contributed by atoms with Crippen molar-refractivity contribution >= 4 is 28.9 Å². The number of nitrogens with zero attached hydrogens (tertiary/aromatic N) is 1. The molecular weight excluding hydrogens is 256 g/mol. The minimum Gasteiger partial charge on any atom is -0.353 e. The average Bonchev–Trinajstić information content (AvgIpc) is 2.96. The van der Waals surface area contributed by atoms with Gasteiger partial charge >= 0.3 is 0 Å². The summed E-state index contributed by atoms with van der Waals surface area (Å²) in [6, 6.07) is 4.38. The molecule has 0 aromatic carbocycles. The zero-order chi connectivity index (χ0) is 12.1. The van der Waals surface area contributed by atoms with Gasteiger partial charge in [-0.25, -0.2) is 10.8 Å². The monoisotopic (exact) mass is 272 g/mol. The van der Waals surface area contributed by atoms with Gasteiger partial charge in [0.25, 0.3) is 0 Å². The maximum Gasteiger partial charge on any atom is 0.206 e. The number of nitrogens with one attached hydrogen (secondary N) is 2. The van der Waals surface area contributed by atoms with E-state index >= 15 is 0 Å². The van der Waals surface area contributed by atoms with Crippen LogP contribution in [-0.4, -0.2) is 12.0 Å². The summed E-state index contributed by atoms with van der Waals surface area (Å²) in [5.74, 6) is 6.12. The van der Waals surface area contributed by atoms with E-state index in [9.17, 15) is 0 Å². The van der Waals surface area contributed by atoms with Gasteiger partial charge in [-0.15, -0.1) is 11.3 Å². The molecule has 94 valence electrons. The van der Waals surface area contributed by atoms with Gasteiger partial charge in [0.2, 0.25) is 5.96 Å².